The molecule has 1 aromatic heterocycles. The van der Waals surface area contributed by atoms with Crippen molar-refractivity contribution < 1.29 is 4.92 Å². The van der Waals surface area contributed by atoms with Gasteiger partial charge >= 0.3 is 5.69 Å². The second-order valence-electron chi connectivity index (χ2n) is 5.89. The van der Waals surface area contributed by atoms with Crippen molar-refractivity contribution in [3.8, 4) is 0 Å². The van der Waals surface area contributed by atoms with Crippen LogP contribution in [-0.2, 0) is 0 Å². The first-order valence-electron chi connectivity index (χ1n) is 7.83. The second-order valence-corrected chi connectivity index (χ2v) is 6.32. The fourth-order valence-corrected chi connectivity index (χ4v) is 3.04. The molecule has 8 heteroatoms. The first kappa shape index (κ1) is 16.4. The molecule has 1 aliphatic carbocycles. The van der Waals surface area contributed by atoms with Gasteiger partial charge < -0.3 is 10.6 Å². The lowest BCUT2D eigenvalue weighted by Crippen LogP contribution is -2.17. The van der Waals surface area contributed by atoms with Crippen LogP contribution in [0.3, 0.4) is 0 Å². The average molecular weight is 348 g/mol. The molecule has 0 radical (unpaired) electrons. The number of nitrogens with zero attached hydrogens (tertiary/aromatic N) is 3. The molecule has 126 valence electrons. The van der Waals surface area contributed by atoms with E-state index in [4.69, 9.17) is 11.6 Å². The van der Waals surface area contributed by atoms with E-state index in [0.717, 1.165) is 31.2 Å². The van der Waals surface area contributed by atoms with E-state index in [2.05, 4.69) is 20.6 Å². The van der Waals surface area contributed by atoms with Crippen molar-refractivity contribution in [1.29, 1.82) is 0 Å². The van der Waals surface area contributed by atoms with E-state index in [1.807, 2.05) is 13.0 Å². The van der Waals surface area contributed by atoms with E-state index >= 15 is 0 Å². The Hall–Kier alpha value is -2.41. The lowest BCUT2D eigenvalue weighted by molar-refractivity contribution is -0.383. The minimum Gasteiger partial charge on any atom is -0.361 e. The first-order chi connectivity index (χ1) is 11.5. The van der Waals surface area contributed by atoms with Crippen molar-refractivity contribution in [2.24, 2.45) is 0 Å². The fraction of sp³-hybridized carbons (Fsp3) is 0.375. The van der Waals surface area contributed by atoms with Crippen LogP contribution in [0.15, 0.2) is 24.5 Å². The standard InChI is InChI=1S/C16H18ClN5O2/c1-10-6-7-11(17)8-13(10)21-16-14(22(23)24)15(18-9-19-16)20-12-4-2-3-5-12/h6-9,12H,2-5H2,1H3,(H2,18,19,20,21). The molecule has 0 aliphatic heterocycles. The molecule has 1 aromatic carbocycles. The van der Waals surface area contributed by atoms with Gasteiger partial charge in [0.05, 0.1) is 4.92 Å². The number of hydrogen-bond donors (Lipinski definition) is 2. The summed E-state index contributed by atoms with van der Waals surface area (Å²) in [5.41, 5.74) is 1.44. The number of nitro groups is 1. The highest BCUT2D eigenvalue weighted by Crippen LogP contribution is 2.34. The summed E-state index contributed by atoms with van der Waals surface area (Å²) in [7, 11) is 0. The van der Waals surface area contributed by atoms with Crippen LogP contribution in [0, 0.1) is 17.0 Å². The van der Waals surface area contributed by atoms with E-state index in [1.165, 1.54) is 6.33 Å². The molecule has 0 amide bonds. The highest BCUT2D eigenvalue weighted by molar-refractivity contribution is 6.30. The molecule has 0 saturated heterocycles. The normalized spacial score (nSPS) is 14.6. The summed E-state index contributed by atoms with van der Waals surface area (Å²) in [6.07, 6.45) is 5.58. The Morgan fingerprint density at radius 2 is 1.96 bits per heavy atom. The summed E-state index contributed by atoms with van der Waals surface area (Å²) in [5.74, 6) is 0.407. The number of nitrogens with one attached hydrogen (secondary N) is 2. The third-order valence-electron chi connectivity index (χ3n) is 4.15. The van der Waals surface area contributed by atoms with Gasteiger partial charge in [-0.1, -0.05) is 30.5 Å². The molecule has 0 spiro atoms. The van der Waals surface area contributed by atoms with Crippen LogP contribution in [0.5, 0.6) is 0 Å². The molecule has 7 nitrogen and oxygen atoms in total. The van der Waals surface area contributed by atoms with Crippen LogP contribution in [-0.4, -0.2) is 20.9 Å². The predicted molar refractivity (Wildman–Crippen MR) is 94.0 cm³/mol. The van der Waals surface area contributed by atoms with Crippen LogP contribution in [0.2, 0.25) is 5.02 Å². The lowest BCUT2D eigenvalue weighted by Gasteiger charge is -2.14. The van der Waals surface area contributed by atoms with Gasteiger partial charge in [-0.15, -0.1) is 0 Å². The van der Waals surface area contributed by atoms with Crippen molar-refractivity contribution in [2.75, 3.05) is 10.6 Å². The molecule has 1 saturated carbocycles. The maximum atomic E-state index is 11.6. The van der Waals surface area contributed by atoms with Gasteiger partial charge in [-0.2, -0.15) is 0 Å². The average Bonchev–Trinajstić information content (AvgIpc) is 3.04. The van der Waals surface area contributed by atoms with Gasteiger partial charge in [-0.3, -0.25) is 10.1 Å². The summed E-state index contributed by atoms with van der Waals surface area (Å²) in [4.78, 5) is 19.2. The van der Waals surface area contributed by atoms with E-state index < -0.39 is 4.92 Å². The highest BCUT2D eigenvalue weighted by atomic mass is 35.5. The zero-order valence-electron chi connectivity index (χ0n) is 13.3. The van der Waals surface area contributed by atoms with Gasteiger partial charge in [0.1, 0.15) is 6.33 Å². The van der Waals surface area contributed by atoms with Gasteiger partial charge in [0.25, 0.3) is 0 Å². The summed E-state index contributed by atoms with van der Waals surface area (Å²) < 4.78 is 0. The topological polar surface area (TPSA) is 93.0 Å². The predicted octanol–water partition coefficient (Wildman–Crippen LogP) is 4.44. The number of halogens is 1. The quantitative estimate of drug-likeness (QED) is 0.613. The van der Waals surface area contributed by atoms with E-state index in [1.54, 1.807) is 12.1 Å². The largest absolute Gasteiger partial charge is 0.361 e. The van der Waals surface area contributed by atoms with E-state index in [9.17, 15) is 10.1 Å². The molecule has 2 aromatic rings. The van der Waals surface area contributed by atoms with Crippen molar-refractivity contribution in [3.05, 3.63) is 45.2 Å². The molecule has 1 aliphatic rings. The number of aromatic nitrogens is 2. The smallest absolute Gasteiger partial charge is 0.353 e. The molecular weight excluding hydrogens is 330 g/mol. The van der Waals surface area contributed by atoms with Crippen molar-refractivity contribution in [1.82, 2.24) is 9.97 Å². The molecular formula is C16H18ClN5O2. The zero-order valence-corrected chi connectivity index (χ0v) is 14.0. The van der Waals surface area contributed by atoms with Crippen LogP contribution in [0.1, 0.15) is 31.2 Å². The molecule has 1 fully saturated rings. The summed E-state index contributed by atoms with van der Waals surface area (Å²) in [6.45, 7) is 1.89. The number of anilines is 3. The van der Waals surface area contributed by atoms with Gasteiger partial charge in [-0.05, 0) is 37.5 Å². The Kier molecular flexibility index (Phi) is 4.80. The second kappa shape index (κ2) is 7.00. The molecule has 0 bridgehead atoms. The zero-order chi connectivity index (χ0) is 17.1. The number of hydrogen-bond acceptors (Lipinski definition) is 6. The maximum absolute atomic E-state index is 11.6. The Balaban J connectivity index is 1.94. The minimum atomic E-state index is -0.459. The number of benzene rings is 1. The molecule has 24 heavy (non-hydrogen) atoms. The molecule has 2 N–H and O–H groups in total. The van der Waals surface area contributed by atoms with Crippen LogP contribution in [0.4, 0.5) is 23.0 Å². The number of aryl methyl sites for hydroxylation is 1. The van der Waals surface area contributed by atoms with Gasteiger partial charge in [0.2, 0.25) is 11.6 Å². The Labute approximate surface area is 144 Å². The first-order valence-corrected chi connectivity index (χ1v) is 8.21. The lowest BCUT2D eigenvalue weighted by atomic mass is 10.2. The van der Waals surface area contributed by atoms with Crippen molar-refractivity contribution >= 4 is 34.6 Å². The van der Waals surface area contributed by atoms with Crippen LogP contribution in [0.25, 0.3) is 0 Å². The summed E-state index contributed by atoms with van der Waals surface area (Å²) >= 11 is 6.01. The third-order valence-corrected chi connectivity index (χ3v) is 4.39. The van der Waals surface area contributed by atoms with E-state index in [0.29, 0.717) is 10.7 Å². The number of rotatable bonds is 5. The monoisotopic (exact) mass is 347 g/mol. The highest BCUT2D eigenvalue weighted by Gasteiger charge is 2.26. The molecule has 0 atom stereocenters. The fourth-order valence-electron chi connectivity index (χ4n) is 2.87. The Morgan fingerprint density at radius 3 is 2.67 bits per heavy atom. The van der Waals surface area contributed by atoms with E-state index in [-0.39, 0.29) is 23.4 Å². The summed E-state index contributed by atoms with van der Waals surface area (Å²) in [5, 5.41) is 18.3. The summed E-state index contributed by atoms with van der Waals surface area (Å²) in [6, 6.07) is 5.55. The van der Waals surface area contributed by atoms with Gasteiger partial charge in [0, 0.05) is 16.8 Å². The molecule has 3 rings (SSSR count). The molecule has 0 unspecified atom stereocenters. The van der Waals surface area contributed by atoms with Gasteiger partial charge in [-0.25, -0.2) is 9.97 Å². The maximum Gasteiger partial charge on any atom is 0.353 e. The van der Waals surface area contributed by atoms with Crippen LogP contribution >= 0.6 is 11.6 Å². The van der Waals surface area contributed by atoms with Crippen LogP contribution < -0.4 is 10.6 Å². The minimum absolute atomic E-state index is 0.149. The van der Waals surface area contributed by atoms with Gasteiger partial charge in [0.15, 0.2) is 0 Å². The van der Waals surface area contributed by atoms with Crippen molar-refractivity contribution in [3.63, 3.8) is 0 Å². The third kappa shape index (κ3) is 3.56. The Morgan fingerprint density at radius 1 is 1.25 bits per heavy atom. The Bertz CT molecular complexity index is 762. The van der Waals surface area contributed by atoms with Crippen molar-refractivity contribution in [2.45, 2.75) is 38.6 Å². The molecule has 1 heterocycles. The SMILES string of the molecule is Cc1ccc(Cl)cc1Nc1ncnc(NC2CCCC2)c1[N+](=O)[O-].